The first-order valence-corrected chi connectivity index (χ1v) is 12.1. The Morgan fingerprint density at radius 2 is 2.03 bits per heavy atom. The first-order valence-electron chi connectivity index (χ1n) is 10.2. The molecule has 1 amide bonds. The fraction of sp³-hybridized carbons (Fsp3) is 0.476. The number of nitrogens with zero attached hydrogens (tertiary/aromatic N) is 2. The lowest BCUT2D eigenvalue weighted by Crippen LogP contribution is -2.43. The van der Waals surface area contributed by atoms with Gasteiger partial charge in [-0.2, -0.15) is 0 Å². The number of sulfone groups is 1. The van der Waals surface area contributed by atoms with Gasteiger partial charge in [-0.1, -0.05) is 26.8 Å². The van der Waals surface area contributed by atoms with E-state index < -0.39 is 44.2 Å². The molecule has 32 heavy (non-hydrogen) atoms. The van der Waals surface area contributed by atoms with Gasteiger partial charge < -0.3 is 15.2 Å². The van der Waals surface area contributed by atoms with E-state index in [2.05, 4.69) is 10.3 Å². The first kappa shape index (κ1) is 25.5. The maximum absolute atomic E-state index is 13.5. The van der Waals surface area contributed by atoms with Crippen molar-refractivity contribution >= 4 is 15.7 Å². The number of amides is 1. The van der Waals surface area contributed by atoms with Crippen LogP contribution in [-0.4, -0.2) is 41.8 Å². The number of hydrogen-bond donors (Lipinski definition) is 2. The number of carbonyl (C=O) groups excluding carboxylic acids is 1. The Labute approximate surface area is 186 Å². The SMILES string of the molecule is CC.CCC1(C)OCCn2c1nc(C(=O)NCc1ccc(F)cc1S(C)(=O)=O)c(O)c2=O. The Kier molecular flexibility index (Phi) is 7.79. The molecular weight excluding hydrogens is 441 g/mol. The van der Waals surface area contributed by atoms with Gasteiger partial charge in [0.25, 0.3) is 11.5 Å². The molecule has 1 aliphatic heterocycles. The minimum absolute atomic E-state index is 0.156. The summed E-state index contributed by atoms with van der Waals surface area (Å²) >= 11 is 0. The molecule has 2 N–H and O–H groups in total. The number of halogens is 1. The smallest absolute Gasteiger partial charge is 0.296 e. The molecule has 9 nitrogen and oxygen atoms in total. The van der Waals surface area contributed by atoms with E-state index in [-0.39, 0.29) is 36.0 Å². The molecule has 176 valence electrons. The molecule has 0 saturated heterocycles. The Balaban J connectivity index is 0.00000176. The highest BCUT2D eigenvalue weighted by atomic mass is 32.2. The van der Waals surface area contributed by atoms with Crippen LogP contribution in [0.5, 0.6) is 5.75 Å². The minimum atomic E-state index is -3.74. The van der Waals surface area contributed by atoms with E-state index in [9.17, 15) is 27.5 Å². The summed E-state index contributed by atoms with van der Waals surface area (Å²) in [6.45, 7) is 7.76. The number of carbonyl (C=O) groups is 1. The van der Waals surface area contributed by atoms with Gasteiger partial charge in [0, 0.05) is 12.8 Å². The minimum Gasteiger partial charge on any atom is -0.501 e. The van der Waals surface area contributed by atoms with Gasteiger partial charge in [0.05, 0.1) is 18.0 Å². The largest absolute Gasteiger partial charge is 0.501 e. The lowest BCUT2D eigenvalue weighted by Gasteiger charge is -2.34. The molecule has 1 unspecified atom stereocenters. The van der Waals surface area contributed by atoms with Crippen molar-refractivity contribution in [1.82, 2.24) is 14.9 Å². The van der Waals surface area contributed by atoms with E-state index in [4.69, 9.17) is 4.74 Å². The van der Waals surface area contributed by atoms with Crippen LogP contribution in [0.4, 0.5) is 4.39 Å². The normalized spacial score (nSPS) is 17.7. The topological polar surface area (TPSA) is 128 Å². The zero-order chi connectivity index (χ0) is 24.3. The van der Waals surface area contributed by atoms with Crippen LogP contribution in [0.2, 0.25) is 0 Å². The number of aromatic hydroxyl groups is 1. The third kappa shape index (κ3) is 4.99. The van der Waals surface area contributed by atoms with Crippen LogP contribution in [0.1, 0.15) is 56.0 Å². The number of rotatable bonds is 5. The van der Waals surface area contributed by atoms with Gasteiger partial charge in [0.2, 0.25) is 5.75 Å². The summed E-state index contributed by atoms with van der Waals surface area (Å²) < 4.78 is 44.3. The van der Waals surface area contributed by atoms with E-state index in [0.29, 0.717) is 6.42 Å². The van der Waals surface area contributed by atoms with Gasteiger partial charge in [0.15, 0.2) is 15.5 Å². The van der Waals surface area contributed by atoms with Gasteiger partial charge in [-0.3, -0.25) is 14.2 Å². The predicted octanol–water partition coefficient (Wildman–Crippen LogP) is 2.10. The van der Waals surface area contributed by atoms with Gasteiger partial charge in [-0.05, 0) is 31.0 Å². The maximum atomic E-state index is 13.5. The number of nitrogens with one attached hydrogen (secondary N) is 1. The van der Waals surface area contributed by atoms with Crippen LogP contribution in [0.3, 0.4) is 0 Å². The average Bonchev–Trinajstić information content (AvgIpc) is 2.76. The van der Waals surface area contributed by atoms with Gasteiger partial charge >= 0.3 is 0 Å². The molecule has 2 aromatic rings. The Morgan fingerprint density at radius 3 is 2.62 bits per heavy atom. The van der Waals surface area contributed by atoms with Crippen molar-refractivity contribution in [2.45, 2.75) is 57.7 Å². The number of hydrogen-bond acceptors (Lipinski definition) is 7. The van der Waals surface area contributed by atoms with E-state index in [0.717, 1.165) is 18.4 Å². The second-order valence-corrected chi connectivity index (χ2v) is 9.21. The van der Waals surface area contributed by atoms with Crippen LogP contribution < -0.4 is 10.9 Å². The summed E-state index contributed by atoms with van der Waals surface area (Å²) in [7, 11) is -3.74. The first-order chi connectivity index (χ1) is 15.0. The monoisotopic (exact) mass is 469 g/mol. The second kappa shape index (κ2) is 9.78. The Morgan fingerprint density at radius 1 is 1.38 bits per heavy atom. The molecular formula is C21H28FN3O6S. The average molecular weight is 470 g/mol. The molecule has 1 atom stereocenters. The number of fused-ring (bicyclic) bond motifs is 1. The van der Waals surface area contributed by atoms with Crippen LogP contribution in [0.25, 0.3) is 0 Å². The molecule has 2 heterocycles. The molecule has 1 aliphatic rings. The number of aromatic nitrogens is 2. The molecule has 0 fully saturated rings. The van der Waals surface area contributed by atoms with Crippen molar-refractivity contribution in [1.29, 1.82) is 0 Å². The van der Waals surface area contributed by atoms with Crippen molar-refractivity contribution in [2.24, 2.45) is 0 Å². The van der Waals surface area contributed by atoms with Crippen LogP contribution in [0.15, 0.2) is 27.9 Å². The van der Waals surface area contributed by atoms with Crippen LogP contribution in [-0.2, 0) is 33.3 Å². The Hall–Kier alpha value is -2.79. The van der Waals surface area contributed by atoms with Gasteiger partial charge in [0.1, 0.15) is 17.2 Å². The molecule has 3 rings (SSSR count). The van der Waals surface area contributed by atoms with Crippen molar-refractivity contribution in [2.75, 3.05) is 12.9 Å². The molecule has 0 radical (unpaired) electrons. The predicted molar refractivity (Wildman–Crippen MR) is 116 cm³/mol. The molecule has 1 aromatic heterocycles. The van der Waals surface area contributed by atoms with Crippen molar-refractivity contribution in [3.8, 4) is 5.75 Å². The molecule has 0 spiro atoms. The van der Waals surface area contributed by atoms with Crippen molar-refractivity contribution < 1.29 is 27.4 Å². The fourth-order valence-electron chi connectivity index (χ4n) is 3.28. The summed E-state index contributed by atoms with van der Waals surface area (Å²) in [5.74, 6) is -2.19. The summed E-state index contributed by atoms with van der Waals surface area (Å²) in [4.78, 5) is 29.1. The molecule has 1 aromatic carbocycles. The highest BCUT2D eigenvalue weighted by Crippen LogP contribution is 2.31. The molecule has 0 aliphatic carbocycles. The fourth-order valence-corrected chi connectivity index (χ4v) is 4.22. The van der Waals surface area contributed by atoms with E-state index in [1.165, 1.54) is 10.6 Å². The van der Waals surface area contributed by atoms with E-state index in [1.54, 1.807) is 6.92 Å². The molecule has 0 saturated carbocycles. The van der Waals surface area contributed by atoms with Crippen molar-refractivity contribution in [3.05, 3.63) is 51.5 Å². The van der Waals surface area contributed by atoms with E-state index >= 15 is 0 Å². The third-order valence-corrected chi connectivity index (χ3v) is 6.29. The number of benzene rings is 1. The van der Waals surface area contributed by atoms with Gasteiger partial charge in [-0.25, -0.2) is 17.8 Å². The van der Waals surface area contributed by atoms with E-state index in [1.807, 2.05) is 20.8 Å². The lowest BCUT2D eigenvalue weighted by molar-refractivity contribution is -0.0728. The summed E-state index contributed by atoms with van der Waals surface area (Å²) in [5.41, 5.74) is -1.99. The van der Waals surface area contributed by atoms with Gasteiger partial charge in [-0.15, -0.1) is 0 Å². The summed E-state index contributed by atoms with van der Waals surface area (Å²) in [6.07, 6.45) is 1.41. The lowest BCUT2D eigenvalue weighted by atomic mass is 10.00. The third-order valence-electron chi connectivity index (χ3n) is 5.11. The maximum Gasteiger partial charge on any atom is 0.296 e. The molecule has 0 bridgehead atoms. The van der Waals surface area contributed by atoms with Crippen LogP contribution in [0, 0.1) is 5.82 Å². The zero-order valence-corrected chi connectivity index (χ0v) is 19.5. The Bertz CT molecular complexity index is 1180. The molecule has 11 heteroatoms. The summed E-state index contributed by atoms with van der Waals surface area (Å²) in [6, 6.07) is 3.17. The zero-order valence-electron chi connectivity index (χ0n) is 18.7. The number of ether oxygens (including phenoxy) is 1. The highest BCUT2D eigenvalue weighted by Gasteiger charge is 2.36. The van der Waals surface area contributed by atoms with Crippen LogP contribution >= 0.6 is 0 Å². The highest BCUT2D eigenvalue weighted by molar-refractivity contribution is 7.90. The standard InChI is InChI=1S/C19H22FN3O6S.C2H6/c1-4-19(2)18-22-14(15(24)17(26)23(18)7-8-29-19)16(25)21-10-11-5-6-12(20)9-13(11)30(3,27)28;1-2/h5-6,9,24H,4,7-8,10H2,1-3H3,(H,21,25);1-2H3. The quantitative estimate of drug-likeness (QED) is 0.686. The summed E-state index contributed by atoms with van der Waals surface area (Å²) in [5, 5.41) is 12.7. The van der Waals surface area contributed by atoms with Crippen molar-refractivity contribution in [3.63, 3.8) is 0 Å². The second-order valence-electron chi connectivity index (χ2n) is 7.23.